The van der Waals surface area contributed by atoms with Crippen molar-refractivity contribution in [2.24, 2.45) is 5.92 Å². The molecule has 1 aliphatic carbocycles. The molecular weight excluding hydrogens is 218 g/mol. The molecule has 0 spiro atoms. The summed E-state index contributed by atoms with van der Waals surface area (Å²) in [7, 11) is 0. The van der Waals surface area contributed by atoms with Gasteiger partial charge in [-0.05, 0) is 12.3 Å². The molecule has 2 rings (SSSR count). The van der Waals surface area contributed by atoms with Crippen LogP contribution in [0.15, 0.2) is 11.7 Å². The SMILES string of the molecule is OC(Cc1cncs1)CC1CCCCCC1. The van der Waals surface area contributed by atoms with Gasteiger partial charge in [-0.15, -0.1) is 11.3 Å². The third-order valence-electron chi connectivity index (χ3n) is 3.50. The van der Waals surface area contributed by atoms with Gasteiger partial charge in [-0.1, -0.05) is 38.5 Å². The number of aromatic nitrogens is 1. The summed E-state index contributed by atoms with van der Waals surface area (Å²) in [5, 5.41) is 10.0. The summed E-state index contributed by atoms with van der Waals surface area (Å²) in [5.74, 6) is 0.755. The summed E-state index contributed by atoms with van der Waals surface area (Å²) < 4.78 is 0. The molecule has 1 aromatic rings. The molecule has 0 saturated heterocycles. The first kappa shape index (κ1) is 12.1. The maximum atomic E-state index is 10.0. The average Bonchev–Trinajstić information content (AvgIpc) is 2.62. The Bertz CT molecular complexity index is 278. The molecule has 0 bridgehead atoms. The van der Waals surface area contributed by atoms with Gasteiger partial charge in [-0.3, -0.25) is 4.98 Å². The molecule has 0 radical (unpaired) electrons. The molecule has 1 aliphatic rings. The van der Waals surface area contributed by atoms with Gasteiger partial charge in [0.1, 0.15) is 0 Å². The fraction of sp³-hybridized carbons (Fsp3) is 0.769. The number of hydrogen-bond donors (Lipinski definition) is 1. The first-order valence-corrected chi connectivity index (χ1v) is 7.28. The lowest BCUT2D eigenvalue weighted by atomic mass is 9.92. The third-order valence-corrected chi connectivity index (χ3v) is 4.30. The van der Waals surface area contributed by atoms with Crippen molar-refractivity contribution in [3.8, 4) is 0 Å². The first-order chi connectivity index (χ1) is 7.84. The van der Waals surface area contributed by atoms with Gasteiger partial charge in [0.15, 0.2) is 0 Å². The second-order valence-electron chi connectivity index (χ2n) is 4.92. The molecule has 1 aromatic heterocycles. The van der Waals surface area contributed by atoms with E-state index in [0.717, 1.165) is 18.8 Å². The van der Waals surface area contributed by atoms with Crippen LogP contribution >= 0.6 is 11.3 Å². The second-order valence-corrected chi connectivity index (χ2v) is 5.89. The Hall–Kier alpha value is -0.410. The smallest absolute Gasteiger partial charge is 0.0794 e. The average molecular weight is 239 g/mol. The van der Waals surface area contributed by atoms with Crippen LogP contribution in [-0.2, 0) is 6.42 Å². The van der Waals surface area contributed by atoms with Gasteiger partial charge >= 0.3 is 0 Å². The number of thiazole rings is 1. The number of rotatable bonds is 4. The maximum Gasteiger partial charge on any atom is 0.0794 e. The number of aliphatic hydroxyl groups excluding tert-OH is 1. The zero-order chi connectivity index (χ0) is 11.2. The molecule has 2 nitrogen and oxygen atoms in total. The quantitative estimate of drug-likeness (QED) is 0.817. The van der Waals surface area contributed by atoms with Gasteiger partial charge in [0.05, 0.1) is 11.6 Å². The van der Waals surface area contributed by atoms with Crippen molar-refractivity contribution in [1.82, 2.24) is 4.98 Å². The van der Waals surface area contributed by atoms with Crippen molar-refractivity contribution >= 4 is 11.3 Å². The van der Waals surface area contributed by atoms with Crippen molar-refractivity contribution in [1.29, 1.82) is 0 Å². The van der Waals surface area contributed by atoms with Crippen molar-refractivity contribution in [2.75, 3.05) is 0 Å². The van der Waals surface area contributed by atoms with E-state index in [9.17, 15) is 5.11 Å². The molecule has 1 unspecified atom stereocenters. The van der Waals surface area contributed by atoms with Crippen LogP contribution in [0.4, 0.5) is 0 Å². The van der Waals surface area contributed by atoms with Crippen LogP contribution in [0.3, 0.4) is 0 Å². The Labute approximate surface area is 102 Å². The summed E-state index contributed by atoms with van der Waals surface area (Å²) >= 11 is 1.65. The van der Waals surface area contributed by atoms with E-state index in [1.54, 1.807) is 11.3 Å². The summed E-state index contributed by atoms with van der Waals surface area (Å²) in [5.41, 5.74) is 1.84. The summed E-state index contributed by atoms with van der Waals surface area (Å²) in [6.07, 6.45) is 11.6. The molecule has 1 N–H and O–H groups in total. The Balaban J connectivity index is 1.75. The molecule has 0 aromatic carbocycles. The van der Waals surface area contributed by atoms with Gasteiger partial charge < -0.3 is 5.11 Å². The molecule has 1 heterocycles. The molecule has 0 amide bonds. The maximum absolute atomic E-state index is 10.0. The van der Waals surface area contributed by atoms with Crippen molar-refractivity contribution in [3.63, 3.8) is 0 Å². The monoisotopic (exact) mass is 239 g/mol. The van der Waals surface area contributed by atoms with Gasteiger partial charge in [-0.25, -0.2) is 0 Å². The standard InChI is InChI=1S/C13H21NOS/c15-12(8-13-9-14-10-16-13)7-11-5-3-1-2-4-6-11/h9-12,15H,1-8H2. The largest absolute Gasteiger partial charge is 0.393 e. The van der Waals surface area contributed by atoms with Crippen LogP contribution in [0.2, 0.25) is 0 Å². The lowest BCUT2D eigenvalue weighted by Crippen LogP contribution is -2.15. The van der Waals surface area contributed by atoms with Crippen LogP contribution in [0.1, 0.15) is 49.8 Å². The minimum absolute atomic E-state index is 0.163. The Morgan fingerprint density at radius 1 is 1.31 bits per heavy atom. The Kier molecular flexibility index (Phi) is 4.79. The fourth-order valence-corrected chi connectivity index (χ4v) is 3.31. The van der Waals surface area contributed by atoms with Gasteiger partial charge in [0.2, 0.25) is 0 Å². The third kappa shape index (κ3) is 3.87. The van der Waals surface area contributed by atoms with E-state index in [0.29, 0.717) is 0 Å². The highest BCUT2D eigenvalue weighted by Crippen LogP contribution is 2.27. The van der Waals surface area contributed by atoms with Gasteiger partial charge in [0, 0.05) is 17.5 Å². The van der Waals surface area contributed by atoms with Crippen molar-refractivity contribution < 1.29 is 5.11 Å². The van der Waals surface area contributed by atoms with Crippen LogP contribution < -0.4 is 0 Å². The van der Waals surface area contributed by atoms with E-state index < -0.39 is 0 Å². The summed E-state index contributed by atoms with van der Waals surface area (Å²) in [4.78, 5) is 5.25. The molecule has 3 heteroatoms. The number of hydrogen-bond acceptors (Lipinski definition) is 3. The number of aliphatic hydroxyl groups is 1. The zero-order valence-electron chi connectivity index (χ0n) is 9.77. The highest BCUT2D eigenvalue weighted by molar-refractivity contribution is 7.09. The van der Waals surface area contributed by atoms with Crippen molar-refractivity contribution in [3.05, 3.63) is 16.6 Å². The van der Waals surface area contributed by atoms with Crippen LogP contribution in [-0.4, -0.2) is 16.2 Å². The van der Waals surface area contributed by atoms with E-state index in [4.69, 9.17) is 0 Å². The summed E-state index contributed by atoms with van der Waals surface area (Å²) in [6, 6.07) is 0. The lowest BCUT2D eigenvalue weighted by Gasteiger charge is -2.17. The molecule has 1 atom stereocenters. The Morgan fingerprint density at radius 2 is 2.06 bits per heavy atom. The van der Waals surface area contributed by atoms with E-state index in [1.165, 1.54) is 43.4 Å². The Morgan fingerprint density at radius 3 is 2.69 bits per heavy atom. The predicted octanol–water partition coefficient (Wildman–Crippen LogP) is 3.41. The van der Waals surface area contributed by atoms with Crippen LogP contribution in [0, 0.1) is 5.92 Å². The molecule has 0 aliphatic heterocycles. The van der Waals surface area contributed by atoms with Crippen LogP contribution in [0.25, 0.3) is 0 Å². The van der Waals surface area contributed by atoms with E-state index in [2.05, 4.69) is 4.98 Å². The second kappa shape index (κ2) is 6.36. The van der Waals surface area contributed by atoms with Gasteiger partial charge in [-0.2, -0.15) is 0 Å². The molecular formula is C13H21NOS. The fourth-order valence-electron chi connectivity index (χ4n) is 2.64. The first-order valence-electron chi connectivity index (χ1n) is 6.40. The normalized spacial score (nSPS) is 20.6. The zero-order valence-corrected chi connectivity index (χ0v) is 10.6. The minimum atomic E-state index is -0.163. The van der Waals surface area contributed by atoms with E-state index >= 15 is 0 Å². The van der Waals surface area contributed by atoms with Crippen molar-refractivity contribution in [2.45, 2.75) is 57.5 Å². The van der Waals surface area contributed by atoms with E-state index in [1.807, 2.05) is 11.7 Å². The lowest BCUT2D eigenvalue weighted by molar-refractivity contribution is 0.138. The minimum Gasteiger partial charge on any atom is -0.393 e. The molecule has 1 fully saturated rings. The predicted molar refractivity (Wildman–Crippen MR) is 67.6 cm³/mol. The van der Waals surface area contributed by atoms with Gasteiger partial charge in [0.25, 0.3) is 0 Å². The topological polar surface area (TPSA) is 33.1 Å². The number of nitrogens with zero attached hydrogens (tertiary/aromatic N) is 1. The molecule has 90 valence electrons. The molecule has 1 saturated carbocycles. The highest BCUT2D eigenvalue weighted by atomic mass is 32.1. The molecule has 16 heavy (non-hydrogen) atoms. The highest BCUT2D eigenvalue weighted by Gasteiger charge is 2.17. The van der Waals surface area contributed by atoms with Crippen LogP contribution in [0.5, 0.6) is 0 Å². The van der Waals surface area contributed by atoms with E-state index in [-0.39, 0.29) is 6.10 Å². The summed E-state index contributed by atoms with van der Waals surface area (Å²) in [6.45, 7) is 0.